The summed E-state index contributed by atoms with van der Waals surface area (Å²) in [6.07, 6.45) is 0.261. The number of rotatable bonds is 3. The molecule has 8 nitrogen and oxygen atoms in total. The Morgan fingerprint density at radius 3 is 2.57 bits per heavy atom. The van der Waals surface area contributed by atoms with E-state index in [0.717, 1.165) is 0 Å². The lowest BCUT2D eigenvalue weighted by Gasteiger charge is -2.37. The van der Waals surface area contributed by atoms with Gasteiger partial charge in [-0.05, 0) is 12.8 Å². The third-order valence-electron chi connectivity index (χ3n) is 3.96. The van der Waals surface area contributed by atoms with Gasteiger partial charge in [0.1, 0.15) is 11.8 Å². The Hall–Kier alpha value is -2.12. The summed E-state index contributed by atoms with van der Waals surface area (Å²) < 4.78 is 0. The molecule has 3 N–H and O–H groups in total. The molecule has 1 saturated carbocycles. The van der Waals surface area contributed by atoms with Crippen LogP contribution in [0.2, 0.25) is 0 Å². The molecule has 3 amide bonds. The Morgan fingerprint density at radius 1 is 1.24 bits per heavy atom. The first-order chi connectivity index (χ1) is 9.88. The van der Waals surface area contributed by atoms with Gasteiger partial charge in [0.25, 0.3) is 0 Å². The highest BCUT2D eigenvalue weighted by Crippen LogP contribution is 2.25. The van der Waals surface area contributed by atoms with Crippen LogP contribution in [0.1, 0.15) is 32.6 Å². The van der Waals surface area contributed by atoms with E-state index in [2.05, 4.69) is 10.6 Å². The second kappa shape index (κ2) is 6.11. The Balaban J connectivity index is 2.08. The number of carbonyl (C=O) groups excluding carboxylic acids is 3. The van der Waals surface area contributed by atoms with Gasteiger partial charge in [0.05, 0.1) is 12.1 Å². The van der Waals surface area contributed by atoms with Crippen LogP contribution in [0.3, 0.4) is 0 Å². The predicted octanol–water partition coefficient (Wildman–Crippen LogP) is -0.519. The minimum atomic E-state index is -1.23. The molecule has 2 fully saturated rings. The van der Waals surface area contributed by atoms with Gasteiger partial charge in [0.2, 0.25) is 11.8 Å². The monoisotopic (exact) mass is 297 g/mol. The summed E-state index contributed by atoms with van der Waals surface area (Å²) >= 11 is 0. The number of carbonyl (C=O) groups is 4. The van der Waals surface area contributed by atoms with E-state index in [1.54, 1.807) is 4.90 Å². The molecule has 0 radical (unpaired) electrons. The molecular weight excluding hydrogens is 278 g/mol. The number of nitrogens with zero attached hydrogens (tertiary/aromatic N) is 1. The third-order valence-corrected chi connectivity index (χ3v) is 3.96. The van der Waals surface area contributed by atoms with Crippen LogP contribution in [0.25, 0.3) is 0 Å². The van der Waals surface area contributed by atoms with Crippen LogP contribution < -0.4 is 10.6 Å². The molecule has 21 heavy (non-hydrogen) atoms. The normalized spacial score (nSPS) is 29.4. The number of hydrogen-bond acceptors (Lipinski definition) is 4. The first-order valence-corrected chi connectivity index (χ1v) is 6.97. The lowest BCUT2D eigenvalue weighted by atomic mass is 9.88. The number of Topliss-reactive ketones (excluding diaryl/α,β-unsaturated/α-hetero) is 1. The van der Waals surface area contributed by atoms with Crippen molar-refractivity contribution < 1.29 is 24.3 Å². The molecule has 1 aliphatic heterocycles. The van der Waals surface area contributed by atoms with Gasteiger partial charge in [-0.1, -0.05) is 0 Å². The van der Waals surface area contributed by atoms with Crippen LogP contribution in [-0.4, -0.2) is 58.4 Å². The van der Waals surface area contributed by atoms with Crippen molar-refractivity contribution in [2.24, 2.45) is 0 Å². The van der Waals surface area contributed by atoms with Crippen LogP contribution >= 0.6 is 0 Å². The maximum absolute atomic E-state index is 12.3. The smallest absolute Gasteiger partial charge is 0.405 e. The van der Waals surface area contributed by atoms with E-state index in [-0.39, 0.29) is 30.1 Å². The molecule has 2 aliphatic rings. The van der Waals surface area contributed by atoms with Gasteiger partial charge in [-0.15, -0.1) is 0 Å². The fourth-order valence-corrected chi connectivity index (χ4v) is 3.09. The predicted molar refractivity (Wildman–Crippen MR) is 71.5 cm³/mol. The van der Waals surface area contributed by atoms with Crippen molar-refractivity contribution in [1.82, 2.24) is 15.5 Å². The van der Waals surface area contributed by atoms with E-state index in [1.165, 1.54) is 6.92 Å². The van der Waals surface area contributed by atoms with Gasteiger partial charge in [-0.25, -0.2) is 4.79 Å². The van der Waals surface area contributed by atoms with Crippen molar-refractivity contribution >= 4 is 23.7 Å². The zero-order valence-corrected chi connectivity index (χ0v) is 11.8. The summed E-state index contributed by atoms with van der Waals surface area (Å²) in [5.41, 5.74) is 0. The molecule has 0 spiro atoms. The van der Waals surface area contributed by atoms with Crippen LogP contribution in [0.5, 0.6) is 0 Å². The van der Waals surface area contributed by atoms with Gasteiger partial charge in [-0.2, -0.15) is 0 Å². The van der Waals surface area contributed by atoms with Crippen LogP contribution in [0.4, 0.5) is 4.79 Å². The number of nitrogens with one attached hydrogen (secondary N) is 2. The minimum absolute atomic E-state index is 0.0665. The van der Waals surface area contributed by atoms with Gasteiger partial charge in [-0.3, -0.25) is 14.4 Å². The summed E-state index contributed by atoms with van der Waals surface area (Å²) in [5, 5.41) is 13.6. The number of amides is 3. The minimum Gasteiger partial charge on any atom is -0.465 e. The van der Waals surface area contributed by atoms with Gasteiger partial charge < -0.3 is 20.6 Å². The standard InChI is InChI=1S/C13H19N3O5/c1-7(17)14-10-6-8(18)2-3-11(10)16-5-4-9(12(16)19)15-13(20)21/h9-11,15H,2-6H2,1H3,(H,14,17)(H,20,21)/t9-,10+,11-/m0/s1. The first kappa shape index (κ1) is 15.3. The highest BCUT2D eigenvalue weighted by Gasteiger charge is 2.42. The summed E-state index contributed by atoms with van der Waals surface area (Å²) in [4.78, 5) is 47.3. The van der Waals surface area contributed by atoms with Crippen molar-refractivity contribution in [2.75, 3.05) is 6.54 Å². The number of carboxylic acid groups (broad SMARTS) is 1. The molecule has 2 rings (SSSR count). The number of likely N-dealkylation sites (tertiary alicyclic amines) is 1. The van der Waals surface area contributed by atoms with Gasteiger partial charge in [0, 0.05) is 26.3 Å². The summed E-state index contributed by atoms with van der Waals surface area (Å²) in [6.45, 7) is 1.80. The molecule has 0 aromatic heterocycles. The molecule has 0 unspecified atom stereocenters. The zero-order chi connectivity index (χ0) is 15.6. The Labute approximate surface area is 121 Å². The zero-order valence-electron chi connectivity index (χ0n) is 11.8. The van der Waals surface area contributed by atoms with E-state index in [1.807, 2.05) is 0 Å². The average Bonchev–Trinajstić information content (AvgIpc) is 2.70. The topological polar surface area (TPSA) is 116 Å². The van der Waals surface area contributed by atoms with Crippen molar-refractivity contribution in [3.05, 3.63) is 0 Å². The third kappa shape index (κ3) is 3.50. The Kier molecular flexibility index (Phi) is 4.44. The van der Waals surface area contributed by atoms with Crippen molar-refractivity contribution in [3.8, 4) is 0 Å². The lowest BCUT2D eigenvalue weighted by Crippen LogP contribution is -2.56. The highest BCUT2D eigenvalue weighted by atomic mass is 16.4. The van der Waals surface area contributed by atoms with E-state index >= 15 is 0 Å². The van der Waals surface area contributed by atoms with Crippen LogP contribution in [0, 0.1) is 0 Å². The molecule has 8 heteroatoms. The van der Waals surface area contributed by atoms with Gasteiger partial charge >= 0.3 is 6.09 Å². The largest absolute Gasteiger partial charge is 0.465 e. The SMILES string of the molecule is CC(=O)N[C@@H]1CC(=O)CC[C@@H]1N1CC[C@H](NC(=O)O)C1=O. The first-order valence-electron chi connectivity index (χ1n) is 6.97. The summed E-state index contributed by atoms with van der Waals surface area (Å²) in [5.74, 6) is -0.462. The fraction of sp³-hybridized carbons (Fsp3) is 0.692. The average molecular weight is 297 g/mol. The molecule has 1 heterocycles. The Bertz CT molecular complexity index is 476. The van der Waals surface area contributed by atoms with E-state index in [0.29, 0.717) is 25.8 Å². The lowest BCUT2D eigenvalue weighted by molar-refractivity contribution is -0.135. The second-order valence-corrected chi connectivity index (χ2v) is 5.48. The second-order valence-electron chi connectivity index (χ2n) is 5.48. The molecule has 0 aromatic carbocycles. The van der Waals surface area contributed by atoms with Crippen molar-refractivity contribution in [2.45, 2.75) is 50.7 Å². The maximum Gasteiger partial charge on any atom is 0.405 e. The summed E-state index contributed by atoms with van der Waals surface area (Å²) in [7, 11) is 0. The van der Waals surface area contributed by atoms with Crippen molar-refractivity contribution in [1.29, 1.82) is 0 Å². The van der Waals surface area contributed by atoms with E-state index in [9.17, 15) is 19.2 Å². The molecule has 1 aliphatic carbocycles. The quantitative estimate of drug-likeness (QED) is 0.648. The molecule has 1 saturated heterocycles. The van der Waals surface area contributed by atoms with E-state index < -0.39 is 18.2 Å². The Morgan fingerprint density at radius 2 is 1.95 bits per heavy atom. The number of ketones is 1. The summed E-state index contributed by atoms with van der Waals surface area (Å²) in [6, 6.07) is -1.38. The van der Waals surface area contributed by atoms with Crippen molar-refractivity contribution in [3.63, 3.8) is 0 Å². The number of hydrogen-bond donors (Lipinski definition) is 3. The van der Waals surface area contributed by atoms with Gasteiger partial charge in [0.15, 0.2) is 0 Å². The fourth-order valence-electron chi connectivity index (χ4n) is 3.09. The molecule has 0 aromatic rings. The molecule has 3 atom stereocenters. The molecular formula is C13H19N3O5. The molecule has 0 bridgehead atoms. The molecule has 116 valence electrons. The maximum atomic E-state index is 12.3. The highest BCUT2D eigenvalue weighted by molar-refractivity contribution is 5.88. The van der Waals surface area contributed by atoms with Crippen LogP contribution in [0.15, 0.2) is 0 Å². The van der Waals surface area contributed by atoms with Crippen LogP contribution in [-0.2, 0) is 14.4 Å². The van der Waals surface area contributed by atoms with E-state index in [4.69, 9.17) is 5.11 Å².